The first-order valence-corrected chi connectivity index (χ1v) is 9.80. The van der Waals surface area contributed by atoms with Crippen molar-refractivity contribution in [3.63, 3.8) is 0 Å². The molecule has 3 aromatic rings. The van der Waals surface area contributed by atoms with Gasteiger partial charge in [-0.15, -0.1) is 0 Å². The second-order valence-corrected chi connectivity index (χ2v) is 7.29. The molecule has 4 atom stereocenters. The second-order valence-electron chi connectivity index (χ2n) is 7.29. The number of aromatic nitrogens is 4. The van der Waals surface area contributed by atoms with Crippen molar-refractivity contribution in [1.29, 1.82) is 0 Å². The number of ether oxygens (including phenoxy) is 2. The fourth-order valence-corrected chi connectivity index (χ4v) is 4.01. The lowest BCUT2D eigenvalue weighted by molar-refractivity contribution is -0.148. The van der Waals surface area contributed by atoms with Gasteiger partial charge in [-0.3, -0.25) is 14.7 Å². The Bertz CT molecular complexity index is 1220. The van der Waals surface area contributed by atoms with E-state index in [1.807, 2.05) is 6.07 Å². The Kier molecular flexibility index (Phi) is 5.01. The van der Waals surface area contributed by atoms with Crippen LogP contribution in [0.5, 0.6) is 0 Å². The number of para-hydroxylation sites is 1. The number of carbonyl (C=O) groups is 2. The van der Waals surface area contributed by atoms with Crippen LogP contribution in [0.4, 0.5) is 16.3 Å². The largest absolute Gasteiger partial charge is 0.457 e. The molecular weight excluding hydrogens is 418 g/mol. The Hall–Kier alpha value is -4.22. The van der Waals surface area contributed by atoms with Gasteiger partial charge in [0.05, 0.1) is 25.4 Å². The van der Waals surface area contributed by atoms with E-state index in [0.29, 0.717) is 16.9 Å². The van der Waals surface area contributed by atoms with Crippen LogP contribution < -0.4 is 10.6 Å². The fraction of sp³-hybridized carbons (Fsp3) is 0.316. The molecule has 2 amide bonds. The summed E-state index contributed by atoms with van der Waals surface area (Å²) in [6, 6.07) is 8.49. The highest BCUT2D eigenvalue weighted by Crippen LogP contribution is 2.43. The lowest BCUT2D eigenvalue weighted by Gasteiger charge is -2.18. The van der Waals surface area contributed by atoms with Gasteiger partial charge in [0.15, 0.2) is 29.3 Å². The van der Waals surface area contributed by atoms with E-state index >= 15 is 0 Å². The smallest absolute Gasteiger partial charge is 0.324 e. The third-order valence-electron chi connectivity index (χ3n) is 5.39. The highest BCUT2D eigenvalue weighted by molar-refractivity contribution is 6.02. The molecule has 2 fully saturated rings. The number of nitrogens with one attached hydrogen (secondary N) is 2. The van der Waals surface area contributed by atoms with Crippen LogP contribution in [0.15, 0.2) is 48.1 Å². The number of fused-ring (bicyclic) bond motifs is 2. The zero-order valence-electron chi connectivity index (χ0n) is 16.5. The topological polar surface area (TPSA) is 169 Å². The molecule has 0 saturated carbocycles. The highest BCUT2D eigenvalue weighted by Gasteiger charge is 2.52. The van der Waals surface area contributed by atoms with Crippen molar-refractivity contribution in [3.05, 3.63) is 53.4 Å². The van der Waals surface area contributed by atoms with Crippen molar-refractivity contribution in [3.8, 4) is 0 Å². The van der Waals surface area contributed by atoms with E-state index in [-0.39, 0.29) is 30.7 Å². The summed E-state index contributed by atoms with van der Waals surface area (Å²) in [4.78, 5) is 39.8. The Labute approximate surface area is 180 Å². The molecule has 162 valence electrons. The summed E-state index contributed by atoms with van der Waals surface area (Å²) in [5, 5.41) is 8.96. The molecule has 0 unspecified atom stereocenters. The van der Waals surface area contributed by atoms with E-state index in [1.54, 1.807) is 28.8 Å². The number of amides is 2. The van der Waals surface area contributed by atoms with E-state index < -0.39 is 24.5 Å². The van der Waals surface area contributed by atoms with Crippen molar-refractivity contribution in [2.24, 2.45) is 11.0 Å². The van der Waals surface area contributed by atoms with Gasteiger partial charge in [-0.1, -0.05) is 23.3 Å². The van der Waals surface area contributed by atoms with Crippen LogP contribution in [0.2, 0.25) is 0 Å². The van der Waals surface area contributed by atoms with E-state index in [4.69, 9.17) is 15.0 Å². The number of rotatable bonds is 5. The lowest BCUT2D eigenvalue weighted by Crippen LogP contribution is -2.24. The van der Waals surface area contributed by atoms with Crippen molar-refractivity contribution >= 4 is 34.7 Å². The van der Waals surface area contributed by atoms with Crippen molar-refractivity contribution < 1.29 is 19.1 Å². The first-order valence-electron chi connectivity index (χ1n) is 9.80. The molecule has 32 heavy (non-hydrogen) atoms. The SMILES string of the molecule is [N-]=[N+]=NC[C@H]1O[C@@H](n2cnc3c(NC(=O)Nc4ccccc4)ncnc32)[C@@H]2OC(=O)C[C@@H]21. The molecule has 5 rings (SSSR count). The van der Waals surface area contributed by atoms with Gasteiger partial charge in [-0.2, -0.15) is 0 Å². The molecule has 1 aromatic carbocycles. The predicted octanol–water partition coefficient (Wildman–Crippen LogP) is 2.61. The van der Waals surface area contributed by atoms with Crippen LogP contribution in [0.3, 0.4) is 0 Å². The lowest BCUT2D eigenvalue weighted by atomic mass is 9.97. The van der Waals surface area contributed by atoms with Crippen LogP contribution in [0, 0.1) is 5.92 Å². The summed E-state index contributed by atoms with van der Waals surface area (Å²) in [6.45, 7) is 0.0822. The Morgan fingerprint density at radius 3 is 2.91 bits per heavy atom. The molecule has 0 spiro atoms. The molecule has 0 radical (unpaired) electrons. The van der Waals surface area contributed by atoms with Crippen molar-refractivity contribution in [1.82, 2.24) is 19.5 Å². The van der Waals surface area contributed by atoms with Crippen LogP contribution >= 0.6 is 0 Å². The van der Waals surface area contributed by atoms with Gasteiger partial charge in [-0.05, 0) is 17.7 Å². The number of hydrogen-bond donors (Lipinski definition) is 2. The maximum absolute atomic E-state index is 12.4. The molecule has 2 aliphatic rings. The number of nitrogens with zero attached hydrogens (tertiary/aromatic N) is 7. The van der Waals surface area contributed by atoms with E-state index in [2.05, 4.69) is 35.6 Å². The minimum Gasteiger partial charge on any atom is -0.457 e. The van der Waals surface area contributed by atoms with E-state index in [1.165, 1.54) is 12.7 Å². The standard InChI is InChI=1S/C19H17N9O4/c20-27-24-7-12-11-6-13(29)32-15(11)18(31-12)28-9-23-14-16(21-8-22-17(14)28)26-19(30)25-10-4-2-1-3-5-10/h1-5,8-9,11-12,15,18H,6-7H2,(H2,21,22,25,26,30)/t11-,12-,15-,18-/m1/s1. The summed E-state index contributed by atoms with van der Waals surface area (Å²) < 4.78 is 13.2. The number of carbonyl (C=O) groups excluding carboxylic acids is 2. The van der Waals surface area contributed by atoms with E-state index in [0.717, 1.165) is 0 Å². The van der Waals surface area contributed by atoms with Crippen molar-refractivity contribution in [2.45, 2.75) is 24.9 Å². The van der Waals surface area contributed by atoms with Gasteiger partial charge >= 0.3 is 12.0 Å². The first kappa shape index (κ1) is 19.7. The minimum atomic E-state index is -0.698. The summed E-state index contributed by atoms with van der Waals surface area (Å²) >= 11 is 0. The molecule has 4 heterocycles. The van der Waals surface area contributed by atoms with Crippen LogP contribution in [-0.4, -0.2) is 50.3 Å². The number of hydrogen-bond acceptors (Lipinski definition) is 8. The monoisotopic (exact) mass is 435 g/mol. The minimum absolute atomic E-state index is 0.0822. The Morgan fingerprint density at radius 2 is 2.09 bits per heavy atom. The van der Waals surface area contributed by atoms with Gasteiger partial charge in [0.2, 0.25) is 0 Å². The molecule has 0 bridgehead atoms. The third kappa shape index (κ3) is 3.55. The van der Waals surface area contributed by atoms with Gasteiger partial charge in [0, 0.05) is 16.5 Å². The fourth-order valence-electron chi connectivity index (χ4n) is 4.01. The van der Waals surface area contributed by atoms with Gasteiger partial charge in [0.25, 0.3) is 0 Å². The number of benzene rings is 1. The van der Waals surface area contributed by atoms with Crippen LogP contribution in [0.25, 0.3) is 21.6 Å². The summed E-state index contributed by atoms with van der Waals surface area (Å²) in [5.41, 5.74) is 10.0. The third-order valence-corrected chi connectivity index (χ3v) is 5.39. The molecule has 2 aromatic heterocycles. The second kappa shape index (κ2) is 8.13. The Balaban J connectivity index is 1.41. The number of urea groups is 1. The van der Waals surface area contributed by atoms with Gasteiger partial charge in [-0.25, -0.2) is 19.7 Å². The maximum atomic E-state index is 12.4. The van der Waals surface area contributed by atoms with E-state index in [9.17, 15) is 9.59 Å². The first-order chi connectivity index (χ1) is 15.6. The molecule has 13 nitrogen and oxygen atoms in total. The quantitative estimate of drug-likeness (QED) is 0.268. The normalized spacial score (nSPS) is 23.9. The number of imidazole rings is 1. The number of anilines is 2. The number of azide groups is 1. The maximum Gasteiger partial charge on any atom is 0.324 e. The van der Waals surface area contributed by atoms with Crippen LogP contribution in [0.1, 0.15) is 12.6 Å². The van der Waals surface area contributed by atoms with Gasteiger partial charge in [0.1, 0.15) is 6.33 Å². The highest BCUT2D eigenvalue weighted by atomic mass is 16.6. The zero-order chi connectivity index (χ0) is 22.1. The average molecular weight is 435 g/mol. The summed E-state index contributed by atoms with van der Waals surface area (Å²) in [5.74, 6) is -0.365. The zero-order valence-corrected chi connectivity index (χ0v) is 16.5. The average Bonchev–Trinajstić information content (AvgIpc) is 3.47. The molecular formula is C19H17N9O4. The number of esters is 1. The van der Waals surface area contributed by atoms with Gasteiger partial charge < -0.3 is 14.8 Å². The molecule has 13 heteroatoms. The summed E-state index contributed by atoms with van der Waals surface area (Å²) in [7, 11) is 0. The molecule has 2 N–H and O–H groups in total. The van der Waals surface area contributed by atoms with Crippen LogP contribution in [-0.2, 0) is 14.3 Å². The molecule has 0 aliphatic carbocycles. The predicted molar refractivity (Wildman–Crippen MR) is 110 cm³/mol. The molecule has 2 saturated heterocycles. The summed E-state index contributed by atoms with van der Waals surface area (Å²) in [6.07, 6.45) is 1.23. The van der Waals surface area contributed by atoms with Crippen molar-refractivity contribution in [2.75, 3.05) is 17.2 Å². The molecule has 2 aliphatic heterocycles. The Morgan fingerprint density at radius 1 is 1.25 bits per heavy atom.